The molecule has 0 aliphatic rings. The summed E-state index contributed by atoms with van der Waals surface area (Å²) >= 11 is 0. The monoisotopic (exact) mass is 468 g/mol. The quantitative estimate of drug-likeness (QED) is 0.432. The van der Waals surface area contributed by atoms with Gasteiger partial charge in [-0.05, 0) is 36.2 Å². The molecular weight excluding hydrogens is 436 g/mol. The van der Waals surface area contributed by atoms with Gasteiger partial charge in [0.25, 0.3) is 0 Å². The van der Waals surface area contributed by atoms with Gasteiger partial charge in [0.1, 0.15) is 0 Å². The SMILES string of the molecule is COCCN(CCOC)c1ccccc1C(NS(=O)(=O)c1ccc(C)cc1)c1ccccc1. The predicted octanol–water partition coefficient (Wildman–Crippen LogP) is 4.16. The first-order chi connectivity index (χ1) is 16.0. The molecule has 0 aromatic heterocycles. The van der Waals surface area contributed by atoms with E-state index >= 15 is 0 Å². The summed E-state index contributed by atoms with van der Waals surface area (Å²) in [5.74, 6) is 0. The smallest absolute Gasteiger partial charge is 0.241 e. The van der Waals surface area contributed by atoms with Crippen LogP contribution in [0.3, 0.4) is 0 Å². The lowest BCUT2D eigenvalue weighted by Gasteiger charge is -2.30. The zero-order valence-corrected chi connectivity index (χ0v) is 20.2. The topological polar surface area (TPSA) is 67.9 Å². The molecule has 0 saturated heterocycles. The molecule has 6 nitrogen and oxygen atoms in total. The molecule has 0 spiro atoms. The number of ether oxygens (including phenoxy) is 2. The van der Waals surface area contributed by atoms with E-state index in [2.05, 4.69) is 9.62 Å². The Bertz CT molecular complexity index is 1090. The van der Waals surface area contributed by atoms with Crippen molar-refractivity contribution in [3.8, 4) is 0 Å². The number of methoxy groups -OCH3 is 2. The van der Waals surface area contributed by atoms with E-state index in [1.165, 1.54) is 0 Å². The number of hydrogen-bond donors (Lipinski definition) is 1. The number of nitrogens with zero attached hydrogens (tertiary/aromatic N) is 1. The maximum Gasteiger partial charge on any atom is 0.241 e. The van der Waals surface area contributed by atoms with Crippen LogP contribution in [0.4, 0.5) is 5.69 Å². The summed E-state index contributed by atoms with van der Waals surface area (Å²) in [6.07, 6.45) is 0. The first-order valence-electron chi connectivity index (χ1n) is 10.9. The third-order valence-electron chi connectivity index (χ3n) is 5.46. The number of aryl methyl sites for hydroxylation is 1. The zero-order valence-electron chi connectivity index (χ0n) is 19.4. The molecule has 1 N–H and O–H groups in total. The molecule has 0 amide bonds. The van der Waals surface area contributed by atoms with Crippen LogP contribution in [-0.2, 0) is 19.5 Å². The van der Waals surface area contributed by atoms with Gasteiger partial charge in [0.15, 0.2) is 0 Å². The van der Waals surface area contributed by atoms with Crippen LogP contribution in [0.5, 0.6) is 0 Å². The second kappa shape index (κ2) is 12.0. The maximum atomic E-state index is 13.4. The van der Waals surface area contributed by atoms with E-state index in [1.807, 2.05) is 61.5 Å². The summed E-state index contributed by atoms with van der Waals surface area (Å²) < 4.78 is 40.3. The van der Waals surface area contributed by atoms with Gasteiger partial charge in [-0.15, -0.1) is 0 Å². The molecule has 0 bridgehead atoms. The van der Waals surface area contributed by atoms with Crippen molar-refractivity contribution in [2.45, 2.75) is 17.9 Å². The van der Waals surface area contributed by atoms with E-state index in [-0.39, 0.29) is 4.90 Å². The molecule has 3 aromatic rings. The van der Waals surface area contributed by atoms with Crippen molar-refractivity contribution in [3.05, 3.63) is 95.6 Å². The number of rotatable bonds is 12. The summed E-state index contributed by atoms with van der Waals surface area (Å²) in [7, 11) is -0.428. The number of sulfonamides is 1. The lowest BCUT2D eigenvalue weighted by Crippen LogP contribution is -2.34. The molecule has 0 aliphatic heterocycles. The van der Waals surface area contributed by atoms with E-state index in [0.29, 0.717) is 26.3 Å². The summed E-state index contributed by atoms with van der Waals surface area (Å²) in [6.45, 7) is 4.33. The average molecular weight is 469 g/mol. The summed E-state index contributed by atoms with van der Waals surface area (Å²) in [6, 6.07) is 23.8. The minimum absolute atomic E-state index is 0.238. The molecule has 0 saturated carbocycles. The van der Waals surface area contributed by atoms with Crippen LogP contribution in [0, 0.1) is 6.92 Å². The van der Waals surface area contributed by atoms with Gasteiger partial charge in [-0.1, -0.05) is 66.2 Å². The normalized spacial score (nSPS) is 12.5. The third-order valence-corrected chi connectivity index (χ3v) is 6.90. The molecular formula is C26H32N2O4S. The first-order valence-corrected chi connectivity index (χ1v) is 12.4. The number of hydrogen-bond acceptors (Lipinski definition) is 5. The first kappa shape index (κ1) is 24.9. The van der Waals surface area contributed by atoms with Crippen LogP contribution in [0.15, 0.2) is 83.8 Å². The van der Waals surface area contributed by atoms with Crippen LogP contribution in [0.1, 0.15) is 22.7 Å². The van der Waals surface area contributed by atoms with Gasteiger partial charge in [0.2, 0.25) is 10.0 Å². The highest BCUT2D eigenvalue weighted by Crippen LogP contribution is 2.32. The molecule has 0 fully saturated rings. The van der Waals surface area contributed by atoms with Crippen molar-refractivity contribution in [1.82, 2.24) is 4.72 Å². The summed E-state index contributed by atoms with van der Waals surface area (Å²) in [4.78, 5) is 2.40. The lowest BCUT2D eigenvalue weighted by atomic mass is 9.97. The molecule has 33 heavy (non-hydrogen) atoms. The number of para-hydroxylation sites is 1. The molecule has 3 aromatic carbocycles. The Morgan fingerprint density at radius 3 is 2.00 bits per heavy atom. The Labute approximate surface area is 197 Å². The van der Waals surface area contributed by atoms with E-state index in [9.17, 15) is 8.42 Å². The third kappa shape index (κ3) is 6.65. The Morgan fingerprint density at radius 1 is 0.818 bits per heavy atom. The van der Waals surface area contributed by atoms with Crippen molar-refractivity contribution in [2.75, 3.05) is 45.4 Å². The fourth-order valence-corrected chi connectivity index (χ4v) is 4.88. The van der Waals surface area contributed by atoms with Crippen LogP contribution in [-0.4, -0.2) is 48.9 Å². The number of benzene rings is 3. The molecule has 7 heteroatoms. The van der Waals surface area contributed by atoms with E-state index in [0.717, 1.165) is 22.4 Å². The highest BCUT2D eigenvalue weighted by Gasteiger charge is 2.26. The Balaban J connectivity index is 2.06. The van der Waals surface area contributed by atoms with E-state index in [4.69, 9.17) is 9.47 Å². The molecule has 176 valence electrons. The van der Waals surface area contributed by atoms with Gasteiger partial charge in [0.05, 0.1) is 24.2 Å². The Morgan fingerprint density at radius 2 is 1.39 bits per heavy atom. The molecule has 3 rings (SSSR count). The largest absolute Gasteiger partial charge is 0.383 e. The second-order valence-corrected chi connectivity index (χ2v) is 9.52. The van der Waals surface area contributed by atoms with Gasteiger partial charge in [0, 0.05) is 33.0 Å². The Kier molecular flexibility index (Phi) is 9.03. The average Bonchev–Trinajstić information content (AvgIpc) is 2.84. The maximum absolute atomic E-state index is 13.4. The van der Waals surface area contributed by atoms with Gasteiger partial charge in [-0.2, -0.15) is 4.72 Å². The minimum Gasteiger partial charge on any atom is -0.383 e. The molecule has 0 aliphatic carbocycles. The number of anilines is 1. The van der Waals surface area contributed by atoms with Crippen molar-refractivity contribution in [1.29, 1.82) is 0 Å². The van der Waals surface area contributed by atoms with Gasteiger partial charge >= 0.3 is 0 Å². The molecule has 1 atom stereocenters. The zero-order chi connectivity index (χ0) is 23.7. The summed E-state index contributed by atoms with van der Waals surface area (Å²) in [5.41, 5.74) is 3.67. The van der Waals surface area contributed by atoms with Crippen molar-refractivity contribution < 1.29 is 17.9 Å². The summed E-state index contributed by atoms with van der Waals surface area (Å²) in [5, 5.41) is 0. The molecule has 0 radical (unpaired) electrons. The minimum atomic E-state index is -3.77. The predicted molar refractivity (Wildman–Crippen MR) is 132 cm³/mol. The van der Waals surface area contributed by atoms with Crippen LogP contribution < -0.4 is 9.62 Å². The van der Waals surface area contributed by atoms with Crippen molar-refractivity contribution >= 4 is 15.7 Å². The van der Waals surface area contributed by atoms with Crippen molar-refractivity contribution in [2.24, 2.45) is 0 Å². The van der Waals surface area contributed by atoms with E-state index in [1.54, 1.807) is 38.5 Å². The van der Waals surface area contributed by atoms with Crippen LogP contribution in [0.25, 0.3) is 0 Å². The van der Waals surface area contributed by atoms with Gasteiger partial charge < -0.3 is 14.4 Å². The van der Waals surface area contributed by atoms with Crippen molar-refractivity contribution in [3.63, 3.8) is 0 Å². The van der Waals surface area contributed by atoms with Gasteiger partial charge in [-0.25, -0.2) is 8.42 Å². The van der Waals surface area contributed by atoms with Crippen LogP contribution >= 0.6 is 0 Å². The van der Waals surface area contributed by atoms with Gasteiger partial charge in [-0.3, -0.25) is 0 Å². The standard InChI is InChI=1S/C26H32N2O4S/c1-21-13-15-23(16-14-21)33(29,30)27-26(22-9-5-4-6-10-22)24-11-7-8-12-25(24)28(17-19-31-2)18-20-32-3/h4-16,26-27H,17-20H2,1-3H3. The van der Waals surface area contributed by atoms with Crippen LogP contribution in [0.2, 0.25) is 0 Å². The molecule has 0 heterocycles. The lowest BCUT2D eigenvalue weighted by molar-refractivity contribution is 0.190. The fourth-order valence-electron chi connectivity index (χ4n) is 3.67. The highest BCUT2D eigenvalue weighted by molar-refractivity contribution is 7.89. The molecule has 1 unspecified atom stereocenters. The number of nitrogens with one attached hydrogen (secondary N) is 1. The highest BCUT2D eigenvalue weighted by atomic mass is 32.2. The Hall–Kier alpha value is -2.71. The fraction of sp³-hybridized carbons (Fsp3) is 0.308. The second-order valence-electron chi connectivity index (χ2n) is 7.81. The van der Waals surface area contributed by atoms with E-state index < -0.39 is 16.1 Å².